The molecule has 0 spiro atoms. The summed E-state index contributed by atoms with van der Waals surface area (Å²) < 4.78 is 2.12. The van der Waals surface area contributed by atoms with Gasteiger partial charge >= 0.3 is 0 Å². The Balaban J connectivity index is 1.88. The van der Waals surface area contributed by atoms with Gasteiger partial charge in [0.05, 0.1) is 0 Å². The number of nitrogens with one attached hydrogen (secondary N) is 1. The molecule has 1 aliphatic carbocycles. The third-order valence-electron chi connectivity index (χ3n) is 3.26. The number of aromatic nitrogens is 2. The number of aryl methyl sites for hydroxylation is 1. The Morgan fingerprint density at radius 3 is 3.00 bits per heavy atom. The monoisotopic (exact) mass is 227 g/mol. The van der Waals surface area contributed by atoms with Gasteiger partial charge in [0.25, 0.3) is 0 Å². The number of alkyl halides is 1. The highest BCUT2D eigenvalue weighted by molar-refractivity contribution is 6.17. The van der Waals surface area contributed by atoms with E-state index in [0.29, 0.717) is 5.41 Å². The first-order chi connectivity index (χ1) is 7.29. The Hall–Kier alpha value is -0.700. The zero-order chi connectivity index (χ0) is 10.7. The van der Waals surface area contributed by atoms with E-state index in [9.17, 15) is 0 Å². The number of rotatable bonds is 6. The van der Waals surface area contributed by atoms with Gasteiger partial charge < -0.3 is 9.88 Å². The summed E-state index contributed by atoms with van der Waals surface area (Å²) in [7, 11) is 0. The highest BCUT2D eigenvalue weighted by Gasteiger charge is 2.41. The summed E-state index contributed by atoms with van der Waals surface area (Å²) in [6.07, 6.45) is 7.57. The maximum atomic E-state index is 5.80. The SMILES string of the molecule is CCn1ccnc1NCC1(CCCl)CC1. The Bertz CT molecular complexity index is 317. The number of halogens is 1. The van der Waals surface area contributed by atoms with Gasteiger partial charge in [-0.1, -0.05) is 0 Å². The molecule has 0 saturated heterocycles. The van der Waals surface area contributed by atoms with Crippen LogP contribution in [0, 0.1) is 5.41 Å². The van der Waals surface area contributed by atoms with Crippen LogP contribution in [0.1, 0.15) is 26.2 Å². The van der Waals surface area contributed by atoms with E-state index in [4.69, 9.17) is 11.6 Å². The van der Waals surface area contributed by atoms with Gasteiger partial charge in [-0.05, 0) is 31.6 Å². The van der Waals surface area contributed by atoms with Crippen LogP contribution >= 0.6 is 11.6 Å². The van der Waals surface area contributed by atoms with Gasteiger partial charge in [0.15, 0.2) is 0 Å². The molecule has 3 nitrogen and oxygen atoms in total. The molecule has 4 heteroatoms. The quantitative estimate of drug-likeness (QED) is 0.758. The summed E-state index contributed by atoms with van der Waals surface area (Å²) in [4.78, 5) is 4.30. The van der Waals surface area contributed by atoms with Crippen molar-refractivity contribution in [3.05, 3.63) is 12.4 Å². The van der Waals surface area contributed by atoms with Crippen LogP contribution in [0.15, 0.2) is 12.4 Å². The molecule has 1 aromatic rings. The van der Waals surface area contributed by atoms with Crippen LogP contribution in [0.2, 0.25) is 0 Å². The molecule has 0 bridgehead atoms. The van der Waals surface area contributed by atoms with Crippen molar-refractivity contribution in [3.63, 3.8) is 0 Å². The molecule has 2 rings (SSSR count). The van der Waals surface area contributed by atoms with E-state index in [1.165, 1.54) is 12.8 Å². The number of hydrogen-bond acceptors (Lipinski definition) is 2. The minimum atomic E-state index is 0.465. The molecule has 84 valence electrons. The predicted molar refractivity (Wildman–Crippen MR) is 63.4 cm³/mol. The summed E-state index contributed by atoms with van der Waals surface area (Å²) >= 11 is 5.80. The highest BCUT2D eigenvalue weighted by Crippen LogP contribution is 2.48. The summed E-state index contributed by atoms with van der Waals surface area (Å²) in [5.74, 6) is 1.75. The molecule has 0 aromatic carbocycles. The van der Waals surface area contributed by atoms with Crippen molar-refractivity contribution in [2.75, 3.05) is 17.7 Å². The molecule has 15 heavy (non-hydrogen) atoms. The number of imidazole rings is 1. The van der Waals surface area contributed by atoms with Crippen LogP contribution in [-0.4, -0.2) is 22.0 Å². The summed E-state index contributed by atoms with van der Waals surface area (Å²) in [6.45, 7) is 4.10. The number of hydrogen-bond donors (Lipinski definition) is 1. The standard InChI is InChI=1S/C11H18ClN3/c1-2-15-8-7-13-10(15)14-9-11(3-4-11)5-6-12/h7-8H,2-6,9H2,1H3,(H,13,14). The Labute approximate surface area is 95.8 Å². The van der Waals surface area contributed by atoms with E-state index in [-0.39, 0.29) is 0 Å². The fourth-order valence-corrected chi connectivity index (χ4v) is 2.29. The van der Waals surface area contributed by atoms with Gasteiger partial charge in [0, 0.05) is 31.4 Å². The molecule has 1 aromatic heterocycles. The van der Waals surface area contributed by atoms with Crippen molar-refractivity contribution in [1.82, 2.24) is 9.55 Å². The average Bonchev–Trinajstić information content (AvgIpc) is 2.86. The van der Waals surface area contributed by atoms with Crippen molar-refractivity contribution in [3.8, 4) is 0 Å². The van der Waals surface area contributed by atoms with Crippen molar-refractivity contribution >= 4 is 17.5 Å². The normalized spacial score (nSPS) is 17.7. The second-order valence-electron chi connectivity index (χ2n) is 4.33. The third kappa shape index (κ3) is 2.46. The summed E-state index contributed by atoms with van der Waals surface area (Å²) in [5, 5.41) is 3.42. The molecular weight excluding hydrogens is 210 g/mol. The van der Waals surface area contributed by atoms with E-state index in [1.54, 1.807) is 0 Å². The molecule has 0 amide bonds. The molecule has 0 aliphatic heterocycles. The van der Waals surface area contributed by atoms with Gasteiger partial charge in [-0.25, -0.2) is 4.98 Å². The summed E-state index contributed by atoms with van der Waals surface area (Å²) in [6, 6.07) is 0. The first kappa shape index (κ1) is 10.8. The first-order valence-corrected chi connectivity index (χ1v) is 6.14. The van der Waals surface area contributed by atoms with Crippen LogP contribution in [0.5, 0.6) is 0 Å². The zero-order valence-electron chi connectivity index (χ0n) is 9.17. The number of anilines is 1. The van der Waals surface area contributed by atoms with Gasteiger partial charge in [-0.15, -0.1) is 11.6 Å². The largest absolute Gasteiger partial charge is 0.355 e. The molecule has 0 atom stereocenters. The average molecular weight is 228 g/mol. The van der Waals surface area contributed by atoms with Crippen LogP contribution in [-0.2, 0) is 6.54 Å². The molecule has 1 saturated carbocycles. The second-order valence-corrected chi connectivity index (χ2v) is 4.71. The topological polar surface area (TPSA) is 29.9 Å². The summed E-state index contributed by atoms with van der Waals surface area (Å²) in [5.41, 5.74) is 0.465. The fourth-order valence-electron chi connectivity index (χ4n) is 1.89. The minimum Gasteiger partial charge on any atom is -0.355 e. The molecule has 1 aliphatic rings. The first-order valence-electron chi connectivity index (χ1n) is 5.61. The van der Waals surface area contributed by atoms with E-state index >= 15 is 0 Å². The molecule has 1 N–H and O–H groups in total. The fraction of sp³-hybridized carbons (Fsp3) is 0.727. The van der Waals surface area contributed by atoms with E-state index in [0.717, 1.165) is 31.3 Å². The van der Waals surface area contributed by atoms with Crippen LogP contribution < -0.4 is 5.32 Å². The van der Waals surface area contributed by atoms with E-state index < -0.39 is 0 Å². The molecule has 1 heterocycles. The van der Waals surface area contributed by atoms with Crippen molar-refractivity contribution < 1.29 is 0 Å². The van der Waals surface area contributed by atoms with Gasteiger partial charge in [-0.2, -0.15) is 0 Å². The van der Waals surface area contributed by atoms with E-state index in [1.807, 2.05) is 12.4 Å². The maximum Gasteiger partial charge on any atom is 0.202 e. The van der Waals surface area contributed by atoms with Crippen LogP contribution in [0.3, 0.4) is 0 Å². The van der Waals surface area contributed by atoms with Crippen LogP contribution in [0.4, 0.5) is 5.95 Å². The molecule has 1 fully saturated rings. The Morgan fingerprint density at radius 2 is 2.40 bits per heavy atom. The Morgan fingerprint density at radius 1 is 1.60 bits per heavy atom. The van der Waals surface area contributed by atoms with E-state index in [2.05, 4.69) is 21.8 Å². The van der Waals surface area contributed by atoms with Crippen molar-refractivity contribution in [2.45, 2.75) is 32.7 Å². The molecule has 0 radical (unpaired) electrons. The van der Waals surface area contributed by atoms with Crippen LogP contribution in [0.25, 0.3) is 0 Å². The maximum absolute atomic E-state index is 5.80. The highest BCUT2D eigenvalue weighted by atomic mass is 35.5. The van der Waals surface area contributed by atoms with Gasteiger partial charge in [-0.3, -0.25) is 0 Å². The van der Waals surface area contributed by atoms with Crippen molar-refractivity contribution in [2.24, 2.45) is 5.41 Å². The smallest absolute Gasteiger partial charge is 0.202 e. The Kier molecular flexibility index (Phi) is 3.19. The lowest BCUT2D eigenvalue weighted by atomic mass is 10.0. The minimum absolute atomic E-state index is 0.465. The molecule has 0 unspecified atom stereocenters. The lowest BCUT2D eigenvalue weighted by molar-refractivity contribution is 0.521. The lowest BCUT2D eigenvalue weighted by Crippen LogP contribution is -2.18. The predicted octanol–water partition coefficient (Wildman–Crippen LogP) is 2.72. The third-order valence-corrected chi connectivity index (χ3v) is 3.45. The van der Waals surface area contributed by atoms with Crippen molar-refractivity contribution in [1.29, 1.82) is 0 Å². The van der Waals surface area contributed by atoms with Gasteiger partial charge in [0.2, 0.25) is 5.95 Å². The van der Waals surface area contributed by atoms with Gasteiger partial charge in [0.1, 0.15) is 0 Å². The number of nitrogens with zero attached hydrogens (tertiary/aromatic N) is 2. The lowest BCUT2D eigenvalue weighted by Gasteiger charge is -2.15. The molecular formula is C11H18ClN3. The second kappa shape index (κ2) is 4.44. The zero-order valence-corrected chi connectivity index (χ0v) is 9.93.